The molecule has 4 N–H and O–H groups in total. The number of nitrogens with one attached hydrogen (secondary N) is 4. The molecule has 0 bridgehead atoms. The van der Waals surface area contributed by atoms with Gasteiger partial charge in [-0.2, -0.15) is 0 Å². The summed E-state index contributed by atoms with van der Waals surface area (Å²) in [5.41, 5.74) is 5.85. The van der Waals surface area contributed by atoms with E-state index in [1.165, 1.54) is 14.2 Å². The van der Waals surface area contributed by atoms with Crippen LogP contribution in [0.3, 0.4) is 0 Å². The SMILES string of the molecule is COC(=O)N[C@H](C(=O)N1C(c2ncc(-c3ccc(-c4ccc(-c5cnc(C6C[C@@H]7C[C@@H]7N6C(=O)[C@@H](NC(=O)OC)C(C)C)[nH]5)cc4)cc3)[nH]2)C[C@@H]2CC21)C(C)C. The zero-order valence-corrected chi connectivity index (χ0v) is 32.6. The number of aromatic nitrogens is 4. The Morgan fingerprint density at radius 3 is 1.30 bits per heavy atom. The number of rotatable bonds is 11. The highest BCUT2D eigenvalue weighted by Gasteiger charge is 2.57. The topological polar surface area (TPSA) is 175 Å². The summed E-state index contributed by atoms with van der Waals surface area (Å²) in [5.74, 6) is 2.01. The van der Waals surface area contributed by atoms with Crippen molar-refractivity contribution in [3.8, 4) is 33.6 Å². The number of carbonyl (C=O) groups excluding carboxylic acids is 4. The summed E-state index contributed by atoms with van der Waals surface area (Å²) in [5, 5.41) is 5.47. The van der Waals surface area contributed by atoms with Gasteiger partial charge in [-0.25, -0.2) is 19.6 Å². The Morgan fingerprint density at radius 2 is 0.964 bits per heavy atom. The summed E-state index contributed by atoms with van der Waals surface area (Å²) in [6, 6.07) is 15.2. The van der Waals surface area contributed by atoms with E-state index >= 15 is 0 Å². The molecule has 8 atom stereocenters. The summed E-state index contributed by atoms with van der Waals surface area (Å²) in [7, 11) is 2.60. The first-order valence-corrected chi connectivity index (χ1v) is 19.6. The molecule has 2 aliphatic carbocycles. The summed E-state index contributed by atoms with van der Waals surface area (Å²) in [4.78, 5) is 71.9. The third kappa shape index (κ3) is 7.01. The molecule has 2 aromatic heterocycles. The molecule has 56 heavy (non-hydrogen) atoms. The Labute approximate surface area is 326 Å². The predicted molar refractivity (Wildman–Crippen MR) is 208 cm³/mol. The minimum atomic E-state index is -0.676. The third-order valence-electron chi connectivity index (χ3n) is 12.0. The fourth-order valence-electron chi connectivity index (χ4n) is 8.74. The van der Waals surface area contributed by atoms with Crippen LogP contribution >= 0.6 is 0 Å². The lowest BCUT2D eigenvalue weighted by Gasteiger charge is -2.31. The van der Waals surface area contributed by atoms with Crippen LogP contribution in [0.25, 0.3) is 33.6 Å². The minimum absolute atomic E-state index is 0.0971. The summed E-state index contributed by atoms with van der Waals surface area (Å²) in [6.07, 6.45) is 6.06. The van der Waals surface area contributed by atoms with E-state index in [9.17, 15) is 19.2 Å². The first kappa shape index (κ1) is 37.3. The average molecular weight is 763 g/mol. The Bertz CT molecular complexity index is 1960. The lowest BCUT2D eigenvalue weighted by Crippen LogP contribution is -2.52. The largest absolute Gasteiger partial charge is 0.453 e. The van der Waals surface area contributed by atoms with Crippen LogP contribution in [0.2, 0.25) is 0 Å². The van der Waals surface area contributed by atoms with Crippen LogP contribution in [-0.4, -0.2) is 92.1 Å². The van der Waals surface area contributed by atoms with E-state index in [2.05, 4.69) is 69.1 Å². The van der Waals surface area contributed by atoms with Gasteiger partial charge in [0.15, 0.2) is 0 Å². The van der Waals surface area contributed by atoms with Crippen LogP contribution in [-0.2, 0) is 19.1 Å². The molecule has 4 amide bonds. The first-order chi connectivity index (χ1) is 26.9. The average Bonchev–Trinajstić information content (AvgIpc) is 3.79. The molecule has 294 valence electrons. The number of carbonyl (C=O) groups is 4. The molecule has 4 heterocycles. The second-order valence-corrected chi connectivity index (χ2v) is 16.4. The number of nitrogens with zero attached hydrogens (tertiary/aromatic N) is 4. The standard InChI is InChI=1S/C42H50N8O6/c1-21(2)35(47-41(53)55-5)39(51)49-31-15-27(31)17-33(49)37-43-19-29(45-37)25-11-7-23(8-12-25)24-9-13-26(14-10-24)30-20-44-38(46-30)34-18-28-16-32(28)50(34)40(52)36(22(3)4)48-42(54)56-6/h7-14,19-22,27-28,31-36H,15-18H2,1-6H3,(H,43,45)(H,44,46)(H,47,53)(H,48,54)/t27-,28-,31-,32?,33?,34?,35-,36-/m0/s1. The minimum Gasteiger partial charge on any atom is -0.453 e. The van der Waals surface area contributed by atoms with Gasteiger partial charge in [-0.1, -0.05) is 76.2 Å². The number of methoxy groups -OCH3 is 2. The van der Waals surface area contributed by atoms with Gasteiger partial charge in [0.25, 0.3) is 0 Å². The zero-order chi connectivity index (χ0) is 39.4. The summed E-state index contributed by atoms with van der Waals surface area (Å²) < 4.78 is 9.58. The quantitative estimate of drug-likeness (QED) is 0.139. The molecular weight excluding hydrogens is 713 g/mol. The lowest BCUT2D eigenvalue weighted by atomic mass is 10.0. The number of hydrogen-bond donors (Lipinski definition) is 4. The van der Waals surface area contributed by atoms with E-state index in [0.29, 0.717) is 11.8 Å². The molecule has 2 aromatic carbocycles. The van der Waals surface area contributed by atoms with Crippen molar-refractivity contribution >= 4 is 24.0 Å². The maximum Gasteiger partial charge on any atom is 0.407 e. The van der Waals surface area contributed by atoms with Crippen molar-refractivity contribution in [2.75, 3.05) is 14.2 Å². The van der Waals surface area contributed by atoms with Crippen molar-refractivity contribution < 1.29 is 28.7 Å². The molecule has 0 spiro atoms. The van der Waals surface area contributed by atoms with Crippen molar-refractivity contribution in [3.63, 3.8) is 0 Å². The molecule has 2 aliphatic heterocycles. The molecule has 14 heteroatoms. The zero-order valence-electron chi connectivity index (χ0n) is 32.6. The molecule has 2 saturated carbocycles. The van der Waals surface area contributed by atoms with E-state index in [-0.39, 0.29) is 47.8 Å². The Kier molecular flexibility index (Phi) is 9.83. The fraction of sp³-hybridized carbons (Fsp3) is 0.476. The third-order valence-corrected chi connectivity index (χ3v) is 12.0. The monoisotopic (exact) mass is 762 g/mol. The van der Waals surface area contributed by atoms with Gasteiger partial charge in [-0.05, 0) is 71.6 Å². The van der Waals surface area contributed by atoms with Crippen molar-refractivity contribution in [2.24, 2.45) is 23.7 Å². The molecule has 4 aliphatic rings. The van der Waals surface area contributed by atoms with Crippen LogP contribution < -0.4 is 10.6 Å². The molecule has 4 fully saturated rings. The van der Waals surface area contributed by atoms with Gasteiger partial charge in [0.1, 0.15) is 23.7 Å². The highest BCUT2D eigenvalue weighted by Crippen LogP contribution is 2.54. The van der Waals surface area contributed by atoms with Crippen molar-refractivity contribution in [3.05, 3.63) is 72.6 Å². The molecule has 3 unspecified atom stereocenters. The second-order valence-electron chi connectivity index (χ2n) is 16.4. The first-order valence-electron chi connectivity index (χ1n) is 19.6. The number of fused-ring (bicyclic) bond motifs is 2. The van der Waals surface area contributed by atoms with E-state index < -0.39 is 24.3 Å². The number of benzene rings is 2. The van der Waals surface area contributed by atoms with Crippen LogP contribution in [0.1, 0.15) is 77.1 Å². The van der Waals surface area contributed by atoms with E-state index in [4.69, 9.17) is 19.4 Å². The second kappa shape index (κ2) is 14.8. The van der Waals surface area contributed by atoms with Crippen LogP contribution in [0, 0.1) is 23.7 Å². The van der Waals surface area contributed by atoms with Gasteiger partial charge in [0.2, 0.25) is 11.8 Å². The highest BCUT2D eigenvalue weighted by molar-refractivity contribution is 5.88. The number of H-pyrrole nitrogens is 2. The van der Waals surface area contributed by atoms with Gasteiger partial charge >= 0.3 is 12.2 Å². The van der Waals surface area contributed by atoms with E-state index in [0.717, 1.165) is 71.0 Å². The van der Waals surface area contributed by atoms with Crippen molar-refractivity contribution in [1.29, 1.82) is 0 Å². The molecule has 4 aromatic rings. The smallest absolute Gasteiger partial charge is 0.407 e. The van der Waals surface area contributed by atoms with E-state index in [1.807, 2.05) is 49.9 Å². The number of likely N-dealkylation sites (tertiary alicyclic amines) is 2. The van der Waals surface area contributed by atoms with Crippen LogP contribution in [0.5, 0.6) is 0 Å². The highest BCUT2D eigenvalue weighted by atomic mass is 16.5. The number of aromatic amines is 2. The summed E-state index contributed by atoms with van der Waals surface area (Å²) >= 11 is 0. The van der Waals surface area contributed by atoms with Crippen molar-refractivity contribution in [2.45, 2.75) is 89.6 Å². The van der Waals surface area contributed by atoms with Gasteiger partial charge in [0.05, 0.1) is 50.1 Å². The van der Waals surface area contributed by atoms with Crippen molar-refractivity contribution in [1.82, 2.24) is 40.4 Å². The molecular formula is C42H50N8O6. The molecule has 0 radical (unpaired) electrons. The molecule has 14 nitrogen and oxygen atoms in total. The van der Waals surface area contributed by atoms with E-state index in [1.54, 1.807) is 0 Å². The number of alkyl carbamates (subject to hydrolysis) is 2. The molecule has 8 rings (SSSR count). The Morgan fingerprint density at radius 1 is 0.607 bits per heavy atom. The predicted octanol–water partition coefficient (Wildman–Crippen LogP) is 6.22. The fourth-order valence-corrected chi connectivity index (χ4v) is 8.74. The Hall–Kier alpha value is -5.66. The van der Waals surface area contributed by atoms with Crippen LogP contribution in [0.15, 0.2) is 60.9 Å². The van der Waals surface area contributed by atoms with Gasteiger partial charge < -0.3 is 39.9 Å². The number of imidazole rings is 2. The lowest BCUT2D eigenvalue weighted by molar-refractivity contribution is -0.137. The van der Waals surface area contributed by atoms with Gasteiger partial charge in [-0.3, -0.25) is 9.59 Å². The maximum atomic E-state index is 13.8. The van der Waals surface area contributed by atoms with Gasteiger partial charge in [-0.15, -0.1) is 0 Å². The number of hydrogen-bond acceptors (Lipinski definition) is 8. The van der Waals surface area contributed by atoms with Crippen LogP contribution in [0.4, 0.5) is 9.59 Å². The summed E-state index contributed by atoms with van der Waals surface area (Å²) in [6.45, 7) is 7.67. The number of ether oxygens (including phenoxy) is 2. The number of amides is 4. The normalized spacial score (nSPS) is 24.4. The maximum absolute atomic E-state index is 13.8. The number of piperidine rings is 2. The van der Waals surface area contributed by atoms with Gasteiger partial charge in [0, 0.05) is 12.1 Å². The Balaban J connectivity index is 0.931. The molecule has 2 saturated heterocycles.